The van der Waals surface area contributed by atoms with Crippen molar-refractivity contribution in [3.05, 3.63) is 29.8 Å². The van der Waals surface area contributed by atoms with Crippen molar-refractivity contribution in [2.75, 3.05) is 26.2 Å². The van der Waals surface area contributed by atoms with Crippen molar-refractivity contribution >= 4 is 5.96 Å². The van der Waals surface area contributed by atoms with Crippen LogP contribution in [0.1, 0.15) is 32.8 Å². The summed E-state index contributed by atoms with van der Waals surface area (Å²) >= 11 is 0. The van der Waals surface area contributed by atoms with Gasteiger partial charge in [-0.05, 0) is 42.9 Å². The average Bonchev–Trinajstić information content (AvgIpc) is 2.78. The quantitative estimate of drug-likeness (QED) is 0.662. The predicted molar refractivity (Wildman–Crippen MR) is 87.8 cm³/mol. The number of nitrogens with one attached hydrogen (secondary N) is 1. The van der Waals surface area contributed by atoms with Crippen LogP contribution in [0.4, 0.5) is 0 Å². The largest absolute Gasteiger partial charge is 0.508 e. The van der Waals surface area contributed by atoms with E-state index in [0.717, 1.165) is 44.1 Å². The molecule has 0 aromatic heterocycles. The van der Waals surface area contributed by atoms with Gasteiger partial charge in [0.05, 0.1) is 0 Å². The van der Waals surface area contributed by atoms with E-state index in [4.69, 9.17) is 4.99 Å². The Balaban J connectivity index is 1.95. The van der Waals surface area contributed by atoms with Gasteiger partial charge >= 0.3 is 0 Å². The number of nitrogens with zero attached hydrogens (tertiary/aromatic N) is 2. The number of aliphatic imine (C=N–C) groups is 1. The van der Waals surface area contributed by atoms with Crippen LogP contribution < -0.4 is 5.32 Å². The van der Waals surface area contributed by atoms with Gasteiger partial charge in [0.15, 0.2) is 5.96 Å². The van der Waals surface area contributed by atoms with Crippen LogP contribution in [-0.2, 0) is 6.42 Å². The molecule has 0 unspecified atom stereocenters. The van der Waals surface area contributed by atoms with Gasteiger partial charge in [0.2, 0.25) is 0 Å². The van der Waals surface area contributed by atoms with Crippen molar-refractivity contribution in [1.29, 1.82) is 0 Å². The minimum atomic E-state index is 0.324. The molecule has 2 rings (SSSR count). The van der Waals surface area contributed by atoms with Crippen LogP contribution in [0.3, 0.4) is 0 Å². The Hall–Kier alpha value is -1.71. The summed E-state index contributed by atoms with van der Waals surface area (Å²) in [5.74, 6) is 1.34. The van der Waals surface area contributed by atoms with Crippen molar-refractivity contribution in [2.24, 2.45) is 10.4 Å². The molecule has 0 radical (unpaired) electrons. The average molecular weight is 289 g/mol. The third-order valence-electron chi connectivity index (χ3n) is 3.88. The second-order valence-corrected chi connectivity index (χ2v) is 6.49. The highest BCUT2D eigenvalue weighted by Gasteiger charge is 2.30. The van der Waals surface area contributed by atoms with Crippen molar-refractivity contribution in [2.45, 2.75) is 33.6 Å². The summed E-state index contributed by atoms with van der Waals surface area (Å²) in [6.45, 7) is 10.5. The highest BCUT2D eigenvalue weighted by atomic mass is 16.3. The van der Waals surface area contributed by atoms with E-state index in [-0.39, 0.29) is 0 Å². The van der Waals surface area contributed by atoms with Crippen LogP contribution in [-0.4, -0.2) is 42.1 Å². The fourth-order valence-electron chi connectivity index (χ4n) is 2.72. The number of guanidine groups is 1. The van der Waals surface area contributed by atoms with E-state index in [0.29, 0.717) is 11.2 Å². The van der Waals surface area contributed by atoms with E-state index >= 15 is 0 Å². The normalized spacial score (nSPS) is 18.0. The van der Waals surface area contributed by atoms with Gasteiger partial charge < -0.3 is 15.3 Å². The molecule has 0 atom stereocenters. The summed E-state index contributed by atoms with van der Waals surface area (Å²) in [5, 5.41) is 12.9. The van der Waals surface area contributed by atoms with Gasteiger partial charge in [-0.15, -0.1) is 0 Å². The molecule has 1 aromatic rings. The first-order valence-corrected chi connectivity index (χ1v) is 7.81. The van der Waals surface area contributed by atoms with Gasteiger partial charge in [-0.25, -0.2) is 0 Å². The third-order valence-corrected chi connectivity index (χ3v) is 3.88. The number of hydrogen-bond acceptors (Lipinski definition) is 2. The molecule has 1 aliphatic rings. The first kappa shape index (κ1) is 15.7. The topological polar surface area (TPSA) is 47.9 Å². The maximum atomic E-state index is 9.48. The number of hydrogen-bond donors (Lipinski definition) is 2. The lowest BCUT2D eigenvalue weighted by Crippen LogP contribution is -2.40. The number of benzene rings is 1. The van der Waals surface area contributed by atoms with Gasteiger partial charge in [-0.3, -0.25) is 4.99 Å². The molecule has 0 spiro atoms. The zero-order chi connectivity index (χ0) is 15.3. The molecular formula is C17H27N3O. The SMILES string of the molecule is CCNC(=NCCc1cccc(O)c1)N1CCC(C)(C)C1. The monoisotopic (exact) mass is 289 g/mol. The Morgan fingerprint density at radius 3 is 2.86 bits per heavy atom. The molecule has 0 amide bonds. The van der Waals surface area contributed by atoms with Crippen LogP contribution in [0.25, 0.3) is 0 Å². The van der Waals surface area contributed by atoms with E-state index in [9.17, 15) is 5.11 Å². The lowest BCUT2D eigenvalue weighted by Gasteiger charge is -2.23. The molecule has 1 saturated heterocycles. The number of phenols is 1. The molecule has 1 aromatic carbocycles. The zero-order valence-corrected chi connectivity index (χ0v) is 13.4. The molecule has 4 nitrogen and oxygen atoms in total. The Bertz CT molecular complexity index is 497. The standard InChI is InChI=1S/C17H27N3O/c1-4-18-16(20-11-9-17(2,3)13-20)19-10-8-14-6-5-7-15(21)12-14/h5-7,12,21H,4,8-11,13H2,1-3H3,(H,18,19). The van der Waals surface area contributed by atoms with Crippen LogP contribution in [0.15, 0.2) is 29.3 Å². The highest BCUT2D eigenvalue weighted by Crippen LogP contribution is 2.28. The van der Waals surface area contributed by atoms with Gasteiger partial charge in [0, 0.05) is 26.2 Å². The summed E-state index contributed by atoms with van der Waals surface area (Å²) < 4.78 is 0. The van der Waals surface area contributed by atoms with Crippen LogP contribution in [0.2, 0.25) is 0 Å². The number of rotatable bonds is 4. The van der Waals surface area contributed by atoms with Gasteiger partial charge in [0.25, 0.3) is 0 Å². The number of aromatic hydroxyl groups is 1. The number of phenolic OH excluding ortho intramolecular Hbond substituents is 1. The van der Waals surface area contributed by atoms with Crippen LogP contribution in [0.5, 0.6) is 5.75 Å². The van der Waals surface area contributed by atoms with Gasteiger partial charge in [-0.2, -0.15) is 0 Å². The Morgan fingerprint density at radius 2 is 2.24 bits per heavy atom. The van der Waals surface area contributed by atoms with Crippen LogP contribution >= 0.6 is 0 Å². The van der Waals surface area contributed by atoms with Crippen LogP contribution in [0, 0.1) is 5.41 Å². The van der Waals surface area contributed by atoms with E-state index < -0.39 is 0 Å². The van der Waals surface area contributed by atoms with E-state index in [2.05, 4.69) is 31.0 Å². The fraction of sp³-hybridized carbons (Fsp3) is 0.588. The molecule has 1 heterocycles. The number of likely N-dealkylation sites (tertiary alicyclic amines) is 1. The van der Waals surface area contributed by atoms with Gasteiger partial charge in [0.1, 0.15) is 5.75 Å². The maximum absolute atomic E-state index is 9.48. The molecule has 116 valence electrons. The van der Waals surface area contributed by atoms with Crippen molar-refractivity contribution in [3.8, 4) is 5.75 Å². The molecule has 0 aliphatic carbocycles. The minimum absolute atomic E-state index is 0.324. The first-order valence-electron chi connectivity index (χ1n) is 7.81. The summed E-state index contributed by atoms with van der Waals surface area (Å²) in [6.07, 6.45) is 2.06. The molecule has 1 aliphatic heterocycles. The molecule has 1 fully saturated rings. The van der Waals surface area contributed by atoms with E-state index in [1.165, 1.54) is 6.42 Å². The second kappa shape index (κ2) is 6.83. The summed E-state index contributed by atoms with van der Waals surface area (Å²) in [4.78, 5) is 7.09. The molecule has 0 bridgehead atoms. The van der Waals surface area contributed by atoms with E-state index in [1.807, 2.05) is 12.1 Å². The Labute approximate surface area is 127 Å². The van der Waals surface area contributed by atoms with Gasteiger partial charge in [-0.1, -0.05) is 26.0 Å². The summed E-state index contributed by atoms with van der Waals surface area (Å²) in [7, 11) is 0. The first-order chi connectivity index (χ1) is 10.00. The molecule has 21 heavy (non-hydrogen) atoms. The summed E-state index contributed by atoms with van der Waals surface area (Å²) in [6, 6.07) is 7.41. The molecule has 2 N–H and O–H groups in total. The lowest BCUT2D eigenvalue weighted by atomic mass is 9.93. The maximum Gasteiger partial charge on any atom is 0.193 e. The molecular weight excluding hydrogens is 262 g/mol. The van der Waals surface area contributed by atoms with E-state index in [1.54, 1.807) is 12.1 Å². The highest BCUT2D eigenvalue weighted by molar-refractivity contribution is 5.80. The second-order valence-electron chi connectivity index (χ2n) is 6.49. The van der Waals surface area contributed by atoms with Crippen molar-refractivity contribution < 1.29 is 5.11 Å². The van der Waals surface area contributed by atoms with Crippen molar-refractivity contribution in [1.82, 2.24) is 10.2 Å². The minimum Gasteiger partial charge on any atom is -0.508 e. The van der Waals surface area contributed by atoms with Crippen molar-refractivity contribution in [3.63, 3.8) is 0 Å². The Kier molecular flexibility index (Phi) is 5.10. The fourth-order valence-corrected chi connectivity index (χ4v) is 2.72. The predicted octanol–water partition coefficient (Wildman–Crippen LogP) is 2.63. The lowest BCUT2D eigenvalue weighted by molar-refractivity contribution is 0.370. The molecule has 0 saturated carbocycles. The Morgan fingerprint density at radius 1 is 1.43 bits per heavy atom. The smallest absolute Gasteiger partial charge is 0.193 e. The zero-order valence-electron chi connectivity index (χ0n) is 13.4. The molecule has 4 heteroatoms. The summed E-state index contributed by atoms with van der Waals surface area (Å²) in [5.41, 5.74) is 1.50. The third kappa shape index (κ3) is 4.66.